The van der Waals surface area contributed by atoms with Crippen LogP contribution in [-0.2, 0) is 4.79 Å². The molecule has 1 atom stereocenters. The summed E-state index contributed by atoms with van der Waals surface area (Å²) in [5.41, 5.74) is 6.35. The Bertz CT molecular complexity index is 727. The molecular weight excluding hydrogens is 338 g/mol. The van der Waals surface area contributed by atoms with E-state index in [1.807, 2.05) is 19.1 Å². The molecule has 114 valence electrons. The average Bonchev–Trinajstić information content (AvgIpc) is 2.80. The second-order valence-electron chi connectivity index (χ2n) is 6.20. The van der Waals surface area contributed by atoms with Crippen LogP contribution in [0, 0.1) is 12.8 Å². The number of benzene rings is 1. The number of hydrogen-bond acceptors (Lipinski definition) is 1. The van der Waals surface area contributed by atoms with Gasteiger partial charge in [-0.2, -0.15) is 0 Å². The van der Waals surface area contributed by atoms with Crippen molar-refractivity contribution in [2.24, 2.45) is 5.92 Å². The minimum Gasteiger partial charge on any atom is -0.321 e. The fraction of sp³-hybridized carbons (Fsp3) is 0.316. The topological polar surface area (TPSA) is 29.1 Å². The average molecular weight is 358 g/mol. The van der Waals surface area contributed by atoms with E-state index in [0.29, 0.717) is 5.92 Å². The van der Waals surface area contributed by atoms with E-state index in [4.69, 9.17) is 0 Å². The molecule has 2 nitrogen and oxygen atoms in total. The number of amides is 1. The maximum atomic E-state index is 12.3. The van der Waals surface area contributed by atoms with Crippen LogP contribution in [0.25, 0.3) is 5.57 Å². The lowest BCUT2D eigenvalue weighted by Gasteiger charge is -2.21. The van der Waals surface area contributed by atoms with Gasteiger partial charge < -0.3 is 5.32 Å². The highest BCUT2D eigenvalue weighted by Gasteiger charge is 2.27. The summed E-state index contributed by atoms with van der Waals surface area (Å²) < 4.78 is 1.04. The van der Waals surface area contributed by atoms with Crippen molar-refractivity contribution in [1.29, 1.82) is 0 Å². The molecule has 1 aromatic carbocycles. The van der Waals surface area contributed by atoms with Crippen molar-refractivity contribution in [2.45, 2.75) is 33.1 Å². The Morgan fingerprint density at radius 2 is 2.23 bits per heavy atom. The Morgan fingerprint density at radius 3 is 2.86 bits per heavy atom. The lowest BCUT2D eigenvalue weighted by Crippen LogP contribution is -2.07. The number of carbonyl (C=O) groups excluding carboxylic acids is 1. The van der Waals surface area contributed by atoms with Crippen LogP contribution in [0.5, 0.6) is 0 Å². The normalized spacial score (nSPS) is 22.3. The van der Waals surface area contributed by atoms with E-state index in [1.54, 1.807) is 0 Å². The molecule has 0 aromatic heterocycles. The summed E-state index contributed by atoms with van der Waals surface area (Å²) in [6.45, 7) is 8.20. The smallest absolute Gasteiger partial charge is 0.256 e. The monoisotopic (exact) mass is 357 g/mol. The molecule has 0 saturated heterocycles. The van der Waals surface area contributed by atoms with Crippen LogP contribution in [-0.4, -0.2) is 5.91 Å². The maximum Gasteiger partial charge on any atom is 0.256 e. The third kappa shape index (κ3) is 2.70. The molecule has 2 aliphatic rings. The summed E-state index contributed by atoms with van der Waals surface area (Å²) in [7, 11) is 0. The molecule has 1 amide bonds. The first-order chi connectivity index (χ1) is 10.5. The second kappa shape index (κ2) is 5.88. The van der Waals surface area contributed by atoms with Gasteiger partial charge in [-0.15, -0.1) is 0 Å². The molecule has 1 aliphatic carbocycles. The zero-order chi connectivity index (χ0) is 15.9. The fourth-order valence-corrected chi connectivity index (χ4v) is 3.53. The minimum absolute atomic E-state index is 0.000810. The van der Waals surface area contributed by atoms with E-state index in [-0.39, 0.29) is 5.91 Å². The number of rotatable bonds is 2. The van der Waals surface area contributed by atoms with E-state index >= 15 is 0 Å². The second-order valence-corrected chi connectivity index (χ2v) is 7.06. The van der Waals surface area contributed by atoms with Crippen molar-refractivity contribution < 1.29 is 4.79 Å². The molecular formula is C19H20BrNO. The molecule has 0 saturated carbocycles. The first-order valence-electron chi connectivity index (χ1n) is 7.64. The number of fused-ring (bicyclic) bond motifs is 1. The summed E-state index contributed by atoms with van der Waals surface area (Å²) in [6, 6.07) is 3.94. The van der Waals surface area contributed by atoms with Gasteiger partial charge in [-0.25, -0.2) is 0 Å². The van der Waals surface area contributed by atoms with Gasteiger partial charge in [0.2, 0.25) is 0 Å². The highest BCUT2D eigenvalue weighted by molar-refractivity contribution is 9.10. The molecule has 0 bridgehead atoms. The van der Waals surface area contributed by atoms with Gasteiger partial charge in [-0.1, -0.05) is 39.7 Å². The number of anilines is 1. The standard InChI is InChI=1S/C19H20BrNO/c1-11(2)14-6-4-13(5-7-14)10-15-18-12(3)16(20)8-9-17(18)21-19(15)22/h4,8-10,14H,1,5-7H2,2-3H3,(H,21,22). The van der Waals surface area contributed by atoms with E-state index in [0.717, 1.165) is 46.1 Å². The van der Waals surface area contributed by atoms with Crippen LogP contribution in [0.15, 0.2) is 46.5 Å². The predicted octanol–water partition coefficient (Wildman–Crippen LogP) is 5.40. The number of halogens is 1. The summed E-state index contributed by atoms with van der Waals surface area (Å²) in [5.74, 6) is 0.585. The predicted molar refractivity (Wildman–Crippen MR) is 95.7 cm³/mol. The summed E-state index contributed by atoms with van der Waals surface area (Å²) in [6.07, 6.45) is 7.48. The van der Waals surface area contributed by atoms with Gasteiger partial charge in [0.25, 0.3) is 5.91 Å². The Labute approximate surface area is 140 Å². The number of carbonyl (C=O) groups is 1. The molecule has 1 aliphatic heterocycles. The van der Waals surface area contributed by atoms with Crippen LogP contribution < -0.4 is 5.32 Å². The van der Waals surface area contributed by atoms with Gasteiger partial charge in [0.05, 0.1) is 0 Å². The van der Waals surface area contributed by atoms with Crippen molar-refractivity contribution in [1.82, 2.24) is 0 Å². The van der Waals surface area contributed by atoms with E-state index < -0.39 is 0 Å². The summed E-state index contributed by atoms with van der Waals surface area (Å²) in [5, 5.41) is 2.96. The summed E-state index contributed by atoms with van der Waals surface area (Å²) >= 11 is 3.55. The van der Waals surface area contributed by atoms with Crippen molar-refractivity contribution in [3.8, 4) is 0 Å². The van der Waals surface area contributed by atoms with E-state index in [9.17, 15) is 4.79 Å². The van der Waals surface area contributed by atoms with Crippen LogP contribution in [0.2, 0.25) is 0 Å². The Hall–Kier alpha value is -1.61. The van der Waals surface area contributed by atoms with Crippen molar-refractivity contribution in [2.75, 3.05) is 5.32 Å². The lowest BCUT2D eigenvalue weighted by atomic mass is 9.84. The molecule has 3 heteroatoms. The highest BCUT2D eigenvalue weighted by Crippen LogP contribution is 2.39. The third-order valence-electron chi connectivity index (χ3n) is 4.63. The number of hydrogen-bond donors (Lipinski definition) is 1. The number of nitrogens with one attached hydrogen (secondary N) is 1. The Morgan fingerprint density at radius 1 is 1.45 bits per heavy atom. The van der Waals surface area contributed by atoms with Gasteiger partial charge in [-0.3, -0.25) is 4.79 Å². The molecule has 22 heavy (non-hydrogen) atoms. The molecule has 0 radical (unpaired) electrons. The van der Waals surface area contributed by atoms with Crippen molar-refractivity contribution >= 4 is 33.1 Å². The highest BCUT2D eigenvalue weighted by atomic mass is 79.9. The molecule has 1 N–H and O–H groups in total. The molecule has 0 spiro atoms. The van der Waals surface area contributed by atoms with Crippen LogP contribution in [0.4, 0.5) is 5.69 Å². The molecule has 1 aromatic rings. The van der Waals surface area contributed by atoms with E-state index in [1.165, 1.54) is 11.1 Å². The maximum absolute atomic E-state index is 12.3. The third-order valence-corrected chi connectivity index (χ3v) is 5.49. The lowest BCUT2D eigenvalue weighted by molar-refractivity contribution is -0.110. The minimum atomic E-state index is -0.000810. The Balaban J connectivity index is 1.95. The van der Waals surface area contributed by atoms with Gasteiger partial charge in [0.15, 0.2) is 0 Å². The first kappa shape index (κ1) is 15.3. The Kier molecular flexibility index (Phi) is 4.09. The van der Waals surface area contributed by atoms with Crippen LogP contribution in [0.3, 0.4) is 0 Å². The molecule has 1 heterocycles. The van der Waals surface area contributed by atoms with Gasteiger partial charge >= 0.3 is 0 Å². The van der Waals surface area contributed by atoms with E-state index in [2.05, 4.69) is 46.9 Å². The fourth-order valence-electron chi connectivity index (χ4n) is 3.20. The van der Waals surface area contributed by atoms with Gasteiger partial charge in [0, 0.05) is 21.3 Å². The molecule has 3 rings (SSSR count). The zero-order valence-electron chi connectivity index (χ0n) is 13.0. The first-order valence-corrected chi connectivity index (χ1v) is 8.43. The van der Waals surface area contributed by atoms with Crippen LogP contribution >= 0.6 is 15.9 Å². The van der Waals surface area contributed by atoms with Gasteiger partial charge in [0.1, 0.15) is 0 Å². The van der Waals surface area contributed by atoms with Gasteiger partial charge in [-0.05, 0) is 62.8 Å². The SMILES string of the molecule is C=C(C)C1CC=C(C=C2C(=O)Nc3ccc(Br)c(C)c32)CC1. The van der Waals surface area contributed by atoms with Crippen LogP contribution in [0.1, 0.15) is 37.3 Å². The largest absolute Gasteiger partial charge is 0.321 e. The quantitative estimate of drug-likeness (QED) is 0.557. The van der Waals surface area contributed by atoms with Crippen molar-refractivity contribution in [3.05, 3.63) is 57.6 Å². The zero-order valence-corrected chi connectivity index (χ0v) is 14.6. The van der Waals surface area contributed by atoms with Crippen molar-refractivity contribution in [3.63, 3.8) is 0 Å². The summed E-state index contributed by atoms with van der Waals surface area (Å²) in [4.78, 5) is 12.3. The molecule has 0 fully saturated rings. The molecule has 1 unspecified atom stereocenters. The number of allylic oxidation sites excluding steroid dienone is 4.